The van der Waals surface area contributed by atoms with Gasteiger partial charge in [0.15, 0.2) is 0 Å². The maximum absolute atomic E-state index is 2.57. The number of hydrogen-bond acceptors (Lipinski definition) is 1. The van der Waals surface area contributed by atoms with E-state index in [1.807, 2.05) is 0 Å². The van der Waals surface area contributed by atoms with Gasteiger partial charge in [-0.2, -0.15) is 0 Å². The van der Waals surface area contributed by atoms with Crippen LogP contribution in [0, 0.1) is 11.8 Å². The van der Waals surface area contributed by atoms with E-state index < -0.39 is 0 Å². The summed E-state index contributed by atoms with van der Waals surface area (Å²) in [7, 11) is 9.23. The third-order valence-electron chi connectivity index (χ3n) is 11.3. The molecule has 1 fully saturated rings. The predicted octanol–water partition coefficient (Wildman–Crippen LogP) is 7.43. The molecule has 2 atom stereocenters. The lowest BCUT2D eigenvalue weighted by Crippen LogP contribution is -2.26. The first-order chi connectivity index (χ1) is 21.2. The van der Waals surface area contributed by atoms with E-state index in [0.717, 1.165) is 51.4 Å². The Bertz CT molecular complexity index is 1620. The van der Waals surface area contributed by atoms with Gasteiger partial charge in [-0.3, -0.25) is 0 Å². The van der Waals surface area contributed by atoms with Crippen molar-refractivity contribution in [2.75, 3.05) is 7.05 Å². The lowest BCUT2D eigenvalue weighted by molar-refractivity contribution is 0.452. The molecule has 3 aromatic heterocycles. The molecular weight excluding hydrogens is 536 g/mol. The molecule has 0 radical (unpaired) electrons. The van der Waals surface area contributed by atoms with E-state index in [2.05, 4.69) is 126 Å². The van der Waals surface area contributed by atoms with Crippen LogP contribution in [0.25, 0.3) is 24.3 Å². The number of nitrogens with zero attached hydrogens (tertiary/aromatic N) is 4. The molecule has 0 spiro atoms. The molecule has 8 bridgehead atoms. The van der Waals surface area contributed by atoms with Gasteiger partial charge in [0.25, 0.3) is 0 Å². The van der Waals surface area contributed by atoms with Crippen molar-refractivity contribution >= 4 is 24.3 Å². The lowest BCUT2D eigenvalue weighted by atomic mass is 9.86. The van der Waals surface area contributed by atoms with Crippen molar-refractivity contribution in [3.05, 3.63) is 78.2 Å². The van der Waals surface area contributed by atoms with Crippen LogP contribution in [0.2, 0.25) is 0 Å². The van der Waals surface area contributed by atoms with E-state index in [4.69, 9.17) is 0 Å². The summed E-state index contributed by atoms with van der Waals surface area (Å²) < 4.78 is 7.51. The molecule has 0 N–H and O–H groups in total. The van der Waals surface area contributed by atoms with Crippen LogP contribution in [0.1, 0.15) is 124 Å². The molecular formula is C40H58N4. The van der Waals surface area contributed by atoms with Crippen LogP contribution >= 0.6 is 0 Å². The minimum atomic E-state index is 0.514. The molecule has 1 saturated heterocycles. The molecule has 4 heteroatoms. The van der Waals surface area contributed by atoms with E-state index in [-0.39, 0.29) is 0 Å². The fourth-order valence-electron chi connectivity index (χ4n) is 9.00. The lowest BCUT2D eigenvalue weighted by Gasteiger charge is -2.19. The van der Waals surface area contributed by atoms with Gasteiger partial charge in [-0.15, -0.1) is 0 Å². The van der Waals surface area contributed by atoms with E-state index in [9.17, 15) is 0 Å². The van der Waals surface area contributed by atoms with Crippen LogP contribution < -0.4 is 10.7 Å². The summed E-state index contributed by atoms with van der Waals surface area (Å²) in [5.74, 6) is 1.03. The highest BCUT2D eigenvalue weighted by Crippen LogP contribution is 2.46. The van der Waals surface area contributed by atoms with Gasteiger partial charge in [0.05, 0.1) is 0 Å². The Morgan fingerprint density at radius 2 is 0.705 bits per heavy atom. The van der Waals surface area contributed by atoms with Crippen LogP contribution in [0.5, 0.6) is 0 Å². The first kappa shape index (κ1) is 32.3. The SMILES string of the molecule is CCc1c(CC)c2n(C)c1C=c1c(CC)c(CC)/c(n1C)=C/c1c(CC)c(CC)c(n1C)/C=C1/C(CC)C(CC)/C(=C/2)N1C. The highest BCUT2D eigenvalue weighted by Gasteiger charge is 2.38. The smallest absolute Gasteiger partial charge is 0.0465 e. The molecule has 2 aliphatic heterocycles. The van der Waals surface area contributed by atoms with Crippen molar-refractivity contribution in [3.8, 4) is 0 Å². The second-order valence-electron chi connectivity index (χ2n) is 13.0. The molecule has 0 aliphatic carbocycles. The molecule has 44 heavy (non-hydrogen) atoms. The van der Waals surface area contributed by atoms with Gasteiger partial charge >= 0.3 is 0 Å². The monoisotopic (exact) mass is 594 g/mol. The summed E-state index contributed by atoms with van der Waals surface area (Å²) in [4.78, 5) is 2.56. The van der Waals surface area contributed by atoms with Crippen LogP contribution in [0.3, 0.4) is 0 Å². The van der Waals surface area contributed by atoms with Crippen molar-refractivity contribution in [2.24, 2.45) is 33.0 Å². The molecule has 2 unspecified atom stereocenters. The highest BCUT2D eigenvalue weighted by atomic mass is 15.2. The summed E-state index contributed by atoms with van der Waals surface area (Å²) in [6.07, 6.45) is 18.7. The van der Waals surface area contributed by atoms with Gasteiger partial charge in [0, 0.05) is 84.9 Å². The Labute approximate surface area is 267 Å². The zero-order chi connectivity index (χ0) is 32.0. The fraction of sp³-hybridized carbons (Fsp3) is 0.550. The number of aromatic nitrogens is 3. The zero-order valence-corrected chi connectivity index (χ0v) is 29.9. The first-order valence-electron chi connectivity index (χ1n) is 17.6. The summed E-state index contributed by atoms with van der Waals surface area (Å²) >= 11 is 0. The molecule has 5 heterocycles. The first-order valence-corrected chi connectivity index (χ1v) is 17.6. The Kier molecular flexibility index (Phi) is 9.31. The van der Waals surface area contributed by atoms with E-state index >= 15 is 0 Å². The number of allylic oxidation sites excluding steroid dienone is 2. The standard InChI is InChI=1S/C40H58N4/c1-13-25-26(14-2)34-22-36-29(17-5)30(18-6)38(43(36)11)24-40-32(20-8)31(19-7)39(44(40)12)23-37-28(16-4)27(15-3)35(42(37)10)21-33(25)41(34)9/h21-26H,13-20H2,1-12H3/b33-21-,34-22-,39-23-,40-24?. The second-order valence-corrected chi connectivity index (χ2v) is 13.0. The highest BCUT2D eigenvalue weighted by molar-refractivity contribution is 5.69. The van der Waals surface area contributed by atoms with Crippen molar-refractivity contribution in [1.82, 2.24) is 18.6 Å². The summed E-state index contributed by atoms with van der Waals surface area (Å²) in [6.45, 7) is 18.8. The van der Waals surface area contributed by atoms with E-state index in [0.29, 0.717) is 11.8 Å². The molecule has 0 amide bonds. The Morgan fingerprint density at radius 3 is 0.977 bits per heavy atom. The van der Waals surface area contributed by atoms with Crippen molar-refractivity contribution in [3.63, 3.8) is 0 Å². The summed E-state index contributed by atoms with van der Waals surface area (Å²) in [5.41, 5.74) is 17.5. The molecule has 0 saturated carbocycles. The van der Waals surface area contributed by atoms with Gasteiger partial charge < -0.3 is 18.6 Å². The van der Waals surface area contributed by atoms with Crippen molar-refractivity contribution in [1.29, 1.82) is 0 Å². The van der Waals surface area contributed by atoms with Gasteiger partial charge in [0.1, 0.15) is 0 Å². The fourth-order valence-corrected chi connectivity index (χ4v) is 9.00. The van der Waals surface area contributed by atoms with E-state index in [1.165, 1.54) is 78.2 Å². The Hall–Kier alpha value is -3.14. The number of rotatable bonds is 8. The molecule has 238 valence electrons. The maximum Gasteiger partial charge on any atom is 0.0465 e. The third-order valence-corrected chi connectivity index (χ3v) is 11.3. The summed E-state index contributed by atoms with van der Waals surface area (Å²) in [6, 6.07) is 0. The van der Waals surface area contributed by atoms with E-state index in [1.54, 1.807) is 0 Å². The Morgan fingerprint density at radius 1 is 0.409 bits per heavy atom. The second kappa shape index (κ2) is 12.7. The minimum absolute atomic E-state index is 0.514. The number of fused-ring (bicyclic) bond motifs is 8. The van der Waals surface area contributed by atoms with Crippen molar-refractivity contribution < 1.29 is 0 Å². The molecule has 4 nitrogen and oxygen atoms in total. The van der Waals surface area contributed by atoms with Crippen LogP contribution in [-0.2, 0) is 59.7 Å². The normalized spacial score (nSPS) is 21.1. The Balaban J connectivity index is 2.05. The largest absolute Gasteiger partial charge is 0.351 e. The molecule has 3 aromatic rings. The van der Waals surface area contributed by atoms with Crippen LogP contribution in [0.4, 0.5) is 0 Å². The van der Waals surface area contributed by atoms with Gasteiger partial charge in [0.2, 0.25) is 0 Å². The average molecular weight is 595 g/mol. The number of hydrogen-bond donors (Lipinski definition) is 0. The minimum Gasteiger partial charge on any atom is -0.351 e. The van der Waals surface area contributed by atoms with Crippen LogP contribution in [0.15, 0.2) is 11.4 Å². The maximum atomic E-state index is 2.57. The van der Waals surface area contributed by atoms with Gasteiger partial charge in [-0.05, 0) is 109 Å². The molecule has 2 aliphatic rings. The summed E-state index contributed by atoms with van der Waals surface area (Å²) in [5, 5.41) is 2.72. The van der Waals surface area contributed by atoms with Crippen molar-refractivity contribution in [2.45, 2.75) is 107 Å². The topological polar surface area (TPSA) is 18.0 Å². The van der Waals surface area contributed by atoms with Gasteiger partial charge in [-0.25, -0.2) is 0 Å². The van der Waals surface area contributed by atoms with Gasteiger partial charge in [-0.1, -0.05) is 55.4 Å². The quantitative estimate of drug-likeness (QED) is 0.265. The predicted molar refractivity (Wildman–Crippen MR) is 190 cm³/mol. The zero-order valence-electron chi connectivity index (χ0n) is 29.9. The molecule has 0 aromatic carbocycles. The third kappa shape index (κ3) is 4.70. The van der Waals surface area contributed by atoms with Crippen LogP contribution in [-0.4, -0.2) is 25.6 Å². The average Bonchev–Trinajstić information content (AvgIpc) is 3.64. The molecule has 5 rings (SSSR count).